The third-order valence-corrected chi connectivity index (χ3v) is 7.07. The minimum Gasteiger partial charge on any atom is -0.478 e. The van der Waals surface area contributed by atoms with Gasteiger partial charge in [0.2, 0.25) is 16.1 Å². The van der Waals surface area contributed by atoms with Crippen molar-refractivity contribution in [3.05, 3.63) is 0 Å². The van der Waals surface area contributed by atoms with Gasteiger partial charge in [0.25, 0.3) is 0 Å². The highest BCUT2D eigenvalue weighted by atomic mass is 32.2. The molecule has 2 atom stereocenters. The Bertz CT molecular complexity index is 646. The van der Waals surface area contributed by atoms with E-state index < -0.39 is 40.5 Å². The monoisotopic (exact) mass is 436 g/mol. The fourth-order valence-electron chi connectivity index (χ4n) is 4.91. The second-order valence-corrected chi connectivity index (χ2v) is 10.9. The number of aliphatic carboxylic acids is 1. The van der Waals surface area contributed by atoms with Crippen LogP contribution >= 0.6 is 12.6 Å². The van der Waals surface area contributed by atoms with Crippen LogP contribution in [-0.2, 0) is 24.3 Å². The number of thiol groups is 1. The lowest BCUT2D eigenvalue weighted by Gasteiger charge is -2.55. The molecule has 0 aliphatic heterocycles. The zero-order valence-electron chi connectivity index (χ0n) is 16.5. The average molecular weight is 437 g/mol. The first-order valence-electron chi connectivity index (χ1n) is 9.68. The summed E-state index contributed by atoms with van der Waals surface area (Å²) in [5.74, 6) is 0.566. The molecule has 0 saturated heterocycles. The van der Waals surface area contributed by atoms with Gasteiger partial charge in [-0.05, 0) is 56.3 Å². The molecule has 1 unspecified atom stereocenters. The predicted octanol–water partition coefficient (Wildman–Crippen LogP) is 1.01. The molecule has 4 aliphatic carbocycles. The molecule has 0 aromatic rings. The maximum absolute atomic E-state index is 11.3. The number of hydrogen-bond acceptors (Lipinski definition) is 7. The summed E-state index contributed by atoms with van der Waals surface area (Å²) in [6.07, 6.45) is 7.91. The molecule has 0 aromatic carbocycles. The summed E-state index contributed by atoms with van der Waals surface area (Å²) in [6, 6.07) is 0. The molecule has 4 bridgehead atoms. The summed E-state index contributed by atoms with van der Waals surface area (Å²) in [5.41, 5.74) is 6.62. The first-order chi connectivity index (χ1) is 12.9. The molecule has 0 heterocycles. The van der Waals surface area contributed by atoms with Crippen molar-refractivity contribution in [2.24, 2.45) is 29.4 Å². The summed E-state index contributed by atoms with van der Waals surface area (Å²) in [6.45, 7) is 1.03. The SMILES string of the molecule is C[C@H](CS)C(=O)OC(CNS(C)(=O)=O)C(=O)O.NC12CC3CC(CC(C3)C1)C2. The van der Waals surface area contributed by atoms with Gasteiger partial charge < -0.3 is 15.6 Å². The Morgan fingerprint density at radius 1 is 1.21 bits per heavy atom. The van der Waals surface area contributed by atoms with Crippen LogP contribution in [0.4, 0.5) is 0 Å². The predicted molar refractivity (Wildman–Crippen MR) is 108 cm³/mol. The summed E-state index contributed by atoms with van der Waals surface area (Å²) in [5, 5.41) is 8.74. The van der Waals surface area contributed by atoms with Gasteiger partial charge in [0.05, 0.1) is 18.7 Å². The van der Waals surface area contributed by atoms with Crippen LogP contribution < -0.4 is 10.5 Å². The summed E-state index contributed by atoms with van der Waals surface area (Å²) >= 11 is 3.87. The van der Waals surface area contributed by atoms with Gasteiger partial charge in [0, 0.05) is 11.3 Å². The van der Waals surface area contributed by atoms with Gasteiger partial charge in [0.15, 0.2) is 0 Å². The number of nitrogens with two attached hydrogens (primary N) is 1. The molecular formula is C18H32N2O6S2. The number of rotatable bonds is 7. The van der Waals surface area contributed by atoms with Gasteiger partial charge >= 0.3 is 11.9 Å². The smallest absolute Gasteiger partial charge is 0.346 e. The Kier molecular flexibility index (Phi) is 7.80. The minimum atomic E-state index is -3.53. The maximum Gasteiger partial charge on any atom is 0.346 e. The molecule has 0 radical (unpaired) electrons. The third-order valence-electron chi connectivity index (χ3n) is 5.83. The first-order valence-corrected chi connectivity index (χ1v) is 12.2. The third kappa shape index (κ3) is 6.89. The molecule has 10 heteroatoms. The standard InChI is InChI=1S/C10H17N.C8H15NO6S2/c11-10-4-7-1-8(5-10)3-9(2-7)6-10;1-5(4-16)8(12)15-6(7(10)11)3-9-17(2,13)14/h7-9H,1-6,11H2;5-6,9,16H,3-4H2,1-2H3,(H,10,11)/t;5-,6?/m.1/s1. The van der Waals surface area contributed by atoms with Crippen molar-refractivity contribution in [2.75, 3.05) is 18.6 Å². The van der Waals surface area contributed by atoms with E-state index in [4.69, 9.17) is 10.8 Å². The van der Waals surface area contributed by atoms with Gasteiger partial charge in [-0.3, -0.25) is 4.79 Å². The Morgan fingerprint density at radius 2 is 1.68 bits per heavy atom. The van der Waals surface area contributed by atoms with Crippen molar-refractivity contribution in [2.45, 2.75) is 57.1 Å². The topological polar surface area (TPSA) is 136 Å². The molecule has 0 spiro atoms. The van der Waals surface area contributed by atoms with Crippen molar-refractivity contribution in [3.8, 4) is 0 Å². The molecule has 8 nitrogen and oxygen atoms in total. The number of sulfonamides is 1. The van der Waals surface area contributed by atoms with E-state index in [0.29, 0.717) is 5.54 Å². The van der Waals surface area contributed by atoms with Gasteiger partial charge in [0.1, 0.15) is 0 Å². The van der Waals surface area contributed by atoms with Gasteiger partial charge in [-0.1, -0.05) is 6.92 Å². The molecule has 0 aromatic heterocycles. The number of carbonyl (C=O) groups excluding carboxylic acids is 1. The Labute approximate surface area is 172 Å². The first kappa shape index (κ1) is 23.4. The zero-order valence-corrected chi connectivity index (χ0v) is 18.2. The van der Waals surface area contributed by atoms with Crippen LogP contribution in [0.15, 0.2) is 0 Å². The number of carbonyl (C=O) groups is 2. The van der Waals surface area contributed by atoms with E-state index in [-0.39, 0.29) is 5.75 Å². The van der Waals surface area contributed by atoms with Crippen molar-refractivity contribution < 1.29 is 27.9 Å². The second kappa shape index (κ2) is 9.32. The van der Waals surface area contributed by atoms with E-state index in [1.54, 1.807) is 0 Å². The highest BCUT2D eigenvalue weighted by Gasteiger charge is 2.48. The van der Waals surface area contributed by atoms with Crippen LogP contribution in [0.5, 0.6) is 0 Å². The number of carboxylic acids is 1. The normalized spacial score (nSPS) is 32.8. The van der Waals surface area contributed by atoms with Gasteiger partial charge in [-0.2, -0.15) is 12.6 Å². The van der Waals surface area contributed by atoms with E-state index >= 15 is 0 Å². The lowest BCUT2D eigenvalue weighted by atomic mass is 9.53. The Hall–Kier alpha value is -0.840. The van der Waals surface area contributed by atoms with Gasteiger partial charge in [-0.25, -0.2) is 17.9 Å². The van der Waals surface area contributed by atoms with Crippen LogP contribution in [0.25, 0.3) is 0 Å². The van der Waals surface area contributed by atoms with Crippen molar-refractivity contribution >= 4 is 34.6 Å². The number of nitrogens with one attached hydrogen (secondary N) is 1. The number of carboxylic acid groups (broad SMARTS) is 1. The van der Waals surface area contributed by atoms with Crippen LogP contribution in [0.1, 0.15) is 45.4 Å². The lowest BCUT2D eigenvalue weighted by molar-refractivity contribution is -0.165. The largest absolute Gasteiger partial charge is 0.478 e. The molecule has 0 amide bonds. The minimum absolute atomic E-state index is 0.213. The Balaban J connectivity index is 0.000000215. The van der Waals surface area contributed by atoms with E-state index in [1.807, 2.05) is 4.72 Å². The van der Waals surface area contributed by atoms with Crippen LogP contribution in [0.3, 0.4) is 0 Å². The van der Waals surface area contributed by atoms with E-state index in [0.717, 1.165) is 24.0 Å². The summed E-state index contributed by atoms with van der Waals surface area (Å²) in [4.78, 5) is 22.0. The fourth-order valence-corrected chi connectivity index (χ4v) is 5.52. The Morgan fingerprint density at radius 3 is 2.00 bits per heavy atom. The molecule has 4 rings (SSSR count). The molecule has 4 fully saturated rings. The number of esters is 1. The van der Waals surface area contributed by atoms with Crippen LogP contribution in [0.2, 0.25) is 0 Å². The van der Waals surface area contributed by atoms with Crippen molar-refractivity contribution in [1.82, 2.24) is 4.72 Å². The summed E-state index contributed by atoms with van der Waals surface area (Å²) < 4.78 is 28.2. The van der Waals surface area contributed by atoms with Crippen LogP contribution in [-0.4, -0.2) is 55.7 Å². The summed E-state index contributed by atoms with van der Waals surface area (Å²) in [7, 11) is -3.53. The van der Waals surface area contributed by atoms with Crippen molar-refractivity contribution in [3.63, 3.8) is 0 Å². The quantitative estimate of drug-likeness (QED) is 0.345. The van der Waals surface area contributed by atoms with Crippen LogP contribution in [0, 0.1) is 23.7 Å². The maximum atomic E-state index is 11.3. The molecule has 162 valence electrons. The molecule has 4 aliphatic rings. The highest BCUT2D eigenvalue weighted by Crippen LogP contribution is 2.54. The van der Waals surface area contributed by atoms with E-state index in [9.17, 15) is 18.0 Å². The van der Waals surface area contributed by atoms with Gasteiger partial charge in [-0.15, -0.1) is 0 Å². The second-order valence-electron chi connectivity index (χ2n) is 8.75. The zero-order chi connectivity index (χ0) is 21.1. The van der Waals surface area contributed by atoms with Crippen molar-refractivity contribution in [1.29, 1.82) is 0 Å². The molecule has 28 heavy (non-hydrogen) atoms. The number of hydrogen-bond donors (Lipinski definition) is 4. The average Bonchev–Trinajstić information content (AvgIpc) is 2.54. The lowest BCUT2D eigenvalue weighted by Crippen LogP contribution is -2.55. The molecule has 4 N–H and O–H groups in total. The van der Waals surface area contributed by atoms with E-state index in [1.165, 1.54) is 45.4 Å². The molecular weight excluding hydrogens is 404 g/mol. The molecule has 4 saturated carbocycles. The van der Waals surface area contributed by atoms with E-state index in [2.05, 4.69) is 17.4 Å². The highest BCUT2D eigenvalue weighted by molar-refractivity contribution is 7.88. The fraction of sp³-hybridized carbons (Fsp3) is 0.889. The number of ether oxygens (including phenoxy) is 1.